The van der Waals surface area contributed by atoms with Crippen LogP contribution >= 0.6 is 22.9 Å². The third-order valence-electron chi connectivity index (χ3n) is 4.91. The van der Waals surface area contributed by atoms with Gasteiger partial charge in [-0.15, -0.1) is 11.3 Å². The van der Waals surface area contributed by atoms with E-state index in [1.165, 1.54) is 11.3 Å². The molecule has 0 atom stereocenters. The molecule has 0 radical (unpaired) electrons. The lowest BCUT2D eigenvalue weighted by molar-refractivity contribution is 0.0473. The molecule has 0 bridgehead atoms. The maximum atomic E-state index is 12.7. The van der Waals surface area contributed by atoms with Crippen molar-refractivity contribution in [3.63, 3.8) is 0 Å². The van der Waals surface area contributed by atoms with Crippen molar-refractivity contribution in [2.45, 2.75) is 32.9 Å². The molecule has 0 aromatic carbocycles. The van der Waals surface area contributed by atoms with Gasteiger partial charge in [0.2, 0.25) is 0 Å². The smallest absolute Gasteiger partial charge is 0.349 e. The molecule has 0 aliphatic carbocycles. The van der Waals surface area contributed by atoms with E-state index in [1.807, 2.05) is 0 Å². The van der Waals surface area contributed by atoms with Crippen molar-refractivity contribution in [2.75, 3.05) is 0 Å². The number of carbonyl (C=O) groups excluding carboxylic acids is 1. The van der Waals surface area contributed by atoms with Gasteiger partial charge in [-0.1, -0.05) is 11.6 Å². The van der Waals surface area contributed by atoms with Gasteiger partial charge in [-0.05, 0) is 31.0 Å². The van der Waals surface area contributed by atoms with Crippen LogP contribution in [0.1, 0.15) is 33.2 Å². The summed E-state index contributed by atoms with van der Waals surface area (Å²) in [6.07, 6.45) is 5.23. The van der Waals surface area contributed by atoms with Crippen LogP contribution in [-0.2, 0) is 24.3 Å². The first-order chi connectivity index (χ1) is 13.5. The number of thiophene rings is 1. The highest BCUT2D eigenvalue weighted by Gasteiger charge is 2.24. The van der Waals surface area contributed by atoms with Crippen molar-refractivity contribution < 1.29 is 9.53 Å². The molecule has 7 nitrogen and oxygen atoms in total. The van der Waals surface area contributed by atoms with Crippen molar-refractivity contribution in [2.24, 2.45) is 0 Å². The van der Waals surface area contributed by atoms with Crippen molar-refractivity contribution in [3.8, 4) is 0 Å². The quantitative estimate of drug-likeness (QED) is 0.480. The maximum Gasteiger partial charge on any atom is 0.349 e. The molecule has 28 heavy (non-hydrogen) atoms. The number of imidazole rings is 1. The number of ether oxygens (including phenoxy) is 1. The van der Waals surface area contributed by atoms with Gasteiger partial charge in [0.1, 0.15) is 27.8 Å². The highest BCUT2D eigenvalue weighted by molar-refractivity contribution is 7.20. The van der Waals surface area contributed by atoms with Gasteiger partial charge in [-0.3, -0.25) is 9.36 Å². The van der Waals surface area contributed by atoms with Crippen LogP contribution in [0.25, 0.3) is 15.9 Å². The molecule has 9 heteroatoms. The predicted octanol–water partition coefficient (Wildman–Crippen LogP) is 3.37. The van der Waals surface area contributed by atoms with Crippen LogP contribution < -0.4 is 5.56 Å². The summed E-state index contributed by atoms with van der Waals surface area (Å²) in [7, 11) is 0. The largest absolute Gasteiger partial charge is 0.455 e. The van der Waals surface area contributed by atoms with Crippen LogP contribution in [0.3, 0.4) is 0 Å². The van der Waals surface area contributed by atoms with Gasteiger partial charge in [0.15, 0.2) is 0 Å². The summed E-state index contributed by atoms with van der Waals surface area (Å²) in [5.74, 6) is 0.321. The lowest BCUT2D eigenvalue weighted by Crippen LogP contribution is -2.20. The Morgan fingerprint density at radius 3 is 3.04 bits per heavy atom. The standard InChI is InChI=1S/C19H15ClN4O3S/c1-10-15-17(22-14-3-2-6-24(14)18(15)25)28-16(10)19(26)27-9-12-8-23-7-11(20)4-5-13(23)21-12/h4-5,7-8H,2-3,6,9H2,1H3. The summed E-state index contributed by atoms with van der Waals surface area (Å²) >= 11 is 7.19. The van der Waals surface area contributed by atoms with Gasteiger partial charge in [-0.2, -0.15) is 0 Å². The second-order valence-corrected chi connectivity index (χ2v) is 8.18. The lowest BCUT2D eigenvalue weighted by atomic mass is 10.2. The van der Waals surface area contributed by atoms with Crippen molar-refractivity contribution >= 4 is 44.8 Å². The zero-order valence-electron chi connectivity index (χ0n) is 14.9. The molecule has 0 unspecified atom stereocenters. The number of esters is 1. The number of hydrogen-bond acceptors (Lipinski definition) is 6. The van der Waals surface area contributed by atoms with Gasteiger partial charge in [-0.25, -0.2) is 14.8 Å². The molecular formula is C19H15ClN4O3S. The molecule has 4 aromatic heterocycles. The van der Waals surface area contributed by atoms with Gasteiger partial charge in [0, 0.05) is 25.4 Å². The number of carbonyl (C=O) groups is 1. The van der Waals surface area contributed by atoms with Gasteiger partial charge < -0.3 is 9.14 Å². The normalized spacial score (nSPS) is 13.4. The fourth-order valence-electron chi connectivity index (χ4n) is 3.56. The van der Waals surface area contributed by atoms with E-state index in [0.717, 1.165) is 24.3 Å². The molecule has 1 aliphatic rings. The van der Waals surface area contributed by atoms with Gasteiger partial charge in [0.05, 0.1) is 16.1 Å². The third-order valence-corrected chi connectivity index (χ3v) is 6.30. The summed E-state index contributed by atoms with van der Waals surface area (Å²) in [5.41, 5.74) is 1.90. The van der Waals surface area contributed by atoms with Crippen LogP contribution in [0.15, 0.2) is 29.3 Å². The average Bonchev–Trinajstić information content (AvgIpc) is 3.36. The minimum atomic E-state index is -0.472. The number of fused-ring (bicyclic) bond motifs is 3. The molecule has 0 saturated heterocycles. The van der Waals surface area contributed by atoms with Crippen LogP contribution in [0.2, 0.25) is 5.02 Å². The van der Waals surface area contributed by atoms with E-state index >= 15 is 0 Å². The van der Waals surface area contributed by atoms with Crippen molar-refractivity contribution in [1.29, 1.82) is 0 Å². The maximum absolute atomic E-state index is 12.7. The number of rotatable bonds is 3. The van der Waals surface area contributed by atoms with Crippen molar-refractivity contribution in [3.05, 3.63) is 61.9 Å². The van der Waals surface area contributed by atoms with E-state index < -0.39 is 5.97 Å². The zero-order chi connectivity index (χ0) is 19.4. The Hall–Kier alpha value is -2.71. The van der Waals surface area contributed by atoms with E-state index in [9.17, 15) is 9.59 Å². The Kier molecular flexibility index (Phi) is 3.99. The molecule has 1 aliphatic heterocycles. The summed E-state index contributed by atoms with van der Waals surface area (Å²) in [6, 6.07) is 3.55. The number of nitrogens with zero attached hydrogens (tertiary/aromatic N) is 4. The summed E-state index contributed by atoms with van der Waals surface area (Å²) in [4.78, 5) is 35.4. The molecule has 142 valence electrons. The number of halogens is 1. The fourth-order valence-corrected chi connectivity index (χ4v) is 4.81. The first-order valence-corrected chi connectivity index (χ1v) is 10.0. The summed E-state index contributed by atoms with van der Waals surface area (Å²) in [6.45, 7) is 2.49. The SMILES string of the molecule is Cc1c(C(=O)OCc2cn3cc(Cl)ccc3n2)sc2nc3n(c(=O)c12)CCC3. The van der Waals surface area contributed by atoms with Crippen LogP contribution in [-0.4, -0.2) is 24.9 Å². The summed E-state index contributed by atoms with van der Waals surface area (Å²) < 4.78 is 8.94. The monoisotopic (exact) mass is 414 g/mol. The topological polar surface area (TPSA) is 78.5 Å². The minimum Gasteiger partial charge on any atom is -0.455 e. The van der Waals surface area contributed by atoms with E-state index in [2.05, 4.69) is 9.97 Å². The Labute approximate surface area is 168 Å². The Bertz CT molecular complexity index is 1320. The molecule has 0 spiro atoms. The average molecular weight is 415 g/mol. The number of aromatic nitrogens is 4. The Morgan fingerprint density at radius 2 is 2.18 bits per heavy atom. The molecule has 5 heterocycles. The molecule has 0 saturated carbocycles. The van der Waals surface area contributed by atoms with Gasteiger partial charge in [0.25, 0.3) is 5.56 Å². The molecule has 0 amide bonds. The molecule has 0 N–H and O–H groups in total. The lowest BCUT2D eigenvalue weighted by Gasteiger charge is -2.02. The Balaban J connectivity index is 1.43. The van der Waals surface area contributed by atoms with E-state index in [-0.39, 0.29) is 12.2 Å². The van der Waals surface area contributed by atoms with Gasteiger partial charge >= 0.3 is 5.97 Å². The first kappa shape index (κ1) is 17.4. The number of pyridine rings is 1. The van der Waals surface area contributed by atoms with Crippen LogP contribution in [0.4, 0.5) is 0 Å². The predicted molar refractivity (Wildman–Crippen MR) is 106 cm³/mol. The van der Waals surface area contributed by atoms with E-state index in [1.54, 1.807) is 40.4 Å². The second kappa shape index (κ2) is 6.42. The molecule has 4 aromatic rings. The van der Waals surface area contributed by atoms with E-state index in [4.69, 9.17) is 16.3 Å². The zero-order valence-corrected chi connectivity index (χ0v) is 16.5. The molecule has 0 fully saturated rings. The molecule has 5 rings (SSSR count). The first-order valence-electron chi connectivity index (χ1n) is 8.84. The number of aryl methyl sites for hydroxylation is 2. The summed E-state index contributed by atoms with van der Waals surface area (Å²) in [5, 5.41) is 1.12. The third kappa shape index (κ3) is 2.71. The highest BCUT2D eigenvalue weighted by atomic mass is 35.5. The molecular weight excluding hydrogens is 400 g/mol. The van der Waals surface area contributed by atoms with Crippen molar-refractivity contribution in [1.82, 2.24) is 18.9 Å². The van der Waals surface area contributed by atoms with Crippen LogP contribution in [0.5, 0.6) is 0 Å². The highest BCUT2D eigenvalue weighted by Crippen LogP contribution is 2.29. The van der Waals surface area contributed by atoms with Crippen LogP contribution in [0, 0.1) is 6.92 Å². The van der Waals surface area contributed by atoms with E-state index in [0.29, 0.717) is 37.9 Å². The minimum absolute atomic E-state index is 0.0364. The second-order valence-electron chi connectivity index (χ2n) is 6.75. The number of hydrogen-bond donors (Lipinski definition) is 0. The Morgan fingerprint density at radius 1 is 1.32 bits per heavy atom. The fraction of sp³-hybridized carbons (Fsp3) is 0.263.